The summed E-state index contributed by atoms with van der Waals surface area (Å²) in [5.74, 6) is -0.0930. The van der Waals surface area contributed by atoms with Crippen LogP contribution < -0.4 is 0 Å². The molecular formula is C15H19FN2O2S. The van der Waals surface area contributed by atoms with Gasteiger partial charge in [0, 0.05) is 48.4 Å². The fourth-order valence-electron chi connectivity index (χ4n) is 3.13. The van der Waals surface area contributed by atoms with Crippen molar-refractivity contribution in [1.82, 2.24) is 9.88 Å². The number of nitrogens with zero attached hydrogens (tertiary/aromatic N) is 1. The molecule has 1 aromatic carbocycles. The zero-order chi connectivity index (χ0) is 15.2. The maximum absolute atomic E-state index is 13.5. The molecule has 114 valence electrons. The summed E-state index contributed by atoms with van der Waals surface area (Å²) in [6, 6.07) is 4.73. The molecule has 0 spiro atoms. The van der Waals surface area contributed by atoms with Gasteiger partial charge < -0.3 is 4.98 Å². The van der Waals surface area contributed by atoms with E-state index in [2.05, 4.69) is 9.88 Å². The molecule has 4 nitrogen and oxygen atoms in total. The highest BCUT2D eigenvalue weighted by Crippen LogP contribution is 2.29. The van der Waals surface area contributed by atoms with Gasteiger partial charge in [-0.2, -0.15) is 0 Å². The third-order valence-electron chi connectivity index (χ3n) is 4.13. The minimum Gasteiger partial charge on any atom is -0.358 e. The van der Waals surface area contributed by atoms with Crippen LogP contribution in [0.5, 0.6) is 0 Å². The van der Waals surface area contributed by atoms with Crippen molar-refractivity contribution in [3.8, 4) is 0 Å². The van der Waals surface area contributed by atoms with Gasteiger partial charge in [0.1, 0.15) is 15.7 Å². The Morgan fingerprint density at radius 3 is 2.90 bits per heavy atom. The Kier molecular flexibility index (Phi) is 3.53. The molecule has 1 aliphatic heterocycles. The van der Waals surface area contributed by atoms with E-state index in [-0.39, 0.29) is 17.6 Å². The second-order valence-electron chi connectivity index (χ2n) is 5.93. The summed E-state index contributed by atoms with van der Waals surface area (Å²) < 4.78 is 36.4. The first-order valence-electron chi connectivity index (χ1n) is 7.04. The van der Waals surface area contributed by atoms with E-state index in [0.29, 0.717) is 6.54 Å². The van der Waals surface area contributed by atoms with Crippen LogP contribution in [0.1, 0.15) is 18.2 Å². The number of aromatic amines is 1. The van der Waals surface area contributed by atoms with E-state index in [1.807, 2.05) is 6.92 Å². The van der Waals surface area contributed by atoms with Gasteiger partial charge in [-0.15, -0.1) is 0 Å². The number of halogens is 1. The summed E-state index contributed by atoms with van der Waals surface area (Å²) in [7, 11) is -3.00. The fraction of sp³-hybridized carbons (Fsp3) is 0.467. The molecule has 0 aliphatic carbocycles. The van der Waals surface area contributed by atoms with Crippen LogP contribution in [0.15, 0.2) is 18.2 Å². The third kappa shape index (κ3) is 2.96. The molecule has 0 fully saturated rings. The van der Waals surface area contributed by atoms with Gasteiger partial charge >= 0.3 is 0 Å². The molecule has 0 unspecified atom stereocenters. The van der Waals surface area contributed by atoms with Crippen LogP contribution in [0.3, 0.4) is 0 Å². The van der Waals surface area contributed by atoms with E-state index in [1.54, 1.807) is 12.1 Å². The van der Waals surface area contributed by atoms with E-state index >= 15 is 0 Å². The largest absolute Gasteiger partial charge is 0.358 e. The summed E-state index contributed by atoms with van der Waals surface area (Å²) in [5.41, 5.74) is 3.17. The van der Waals surface area contributed by atoms with E-state index in [9.17, 15) is 12.8 Å². The average Bonchev–Trinajstić information content (AvgIpc) is 2.74. The lowest BCUT2D eigenvalue weighted by molar-refractivity contribution is 0.205. The number of hydrogen-bond acceptors (Lipinski definition) is 3. The summed E-state index contributed by atoms with van der Waals surface area (Å²) in [5, 5.41) is 0.904. The molecule has 1 N–H and O–H groups in total. The van der Waals surface area contributed by atoms with Gasteiger partial charge in [-0.3, -0.25) is 4.90 Å². The van der Waals surface area contributed by atoms with Gasteiger partial charge in [0.15, 0.2) is 0 Å². The normalized spacial score (nSPS) is 17.9. The molecule has 1 atom stereocenters. The van der Waals surface area contributed by atoms with Crippen LogP contribution in [0, 0.1) is 5.82 Å². The quantitative estimate of drug-likeness (QED) is 0.944. The second-order valence-corrected chi connectivity index (χ2v) is 8.12. The van der Waals surface area contributed by atoms with Crippen LogP contribution in [0.4, 0.5) is 4.39 Å². The minimum atomic E-state index is -3.00. The molecule has 0 bridgehead atoms. The van der Waals surface area contributed by atoms with Gasteiger partial charge in [0.05, 0.1) is 5.75 Å². The molecule has 1 aliphatic rings. The highest BCUT2D eigenvalue weighted by Gasteiger charge is 2.25. The molecule has 1 aromatic heterocycles. The van der Waals surface area contributed by atoms with Crippen LogP contribution in [0.2, 0.25) is 0 Å². The van der Waals surface area contributed by atoms with Crippen molar-refractivity contribution in [2.45, 2.75) is 25.9 Å². The van der Waals surface area contributed by atoms with E-state index in [1.165, 1.54) is 12.3 Å². The standard InChI is InChI=1S/C15H19FN2O2S/c1-10(9-21(2,19)20)18-6-5-15-13(8-18)12-7-11(16)3-4-14(12)17-15/h3-4,7,10,17H,5-6,8-9H2,1-2H3/t10-/m1/s1. The number of nitrogens with one attached hydrogen (secondary N) is 1. The van der Waals surface area contributed by atoms with Crippen molar-refractivity contribution >= 4 is 20.7 Å². The Morgan fingerprint density at radius 2 is 2.19 bits per heavy atom. The first-order chi connectivity index (χ1) is 9.83. The SMILES string of the molecule is C[C@H](CS(C)(=O)=O)N1CCc2[nH]c3ccc(F)cc3c2C1. The Balaban J connectivity index is 1.91. The van der Waals surface area contributed by atoms with Gasteiger partial charge in [0.2, 0.25) is 0 Å². The number of aromatic nitrogens is 1. The molecular weight excluding hydrogens is 291 g/mol. The molecule has 6 heteroatoms. The number of rotatable bonds is 3. The number of sulfone groups is 1. The lowest BCUT2D eigenvalue weighted by Gasteiger charge is -2.32. The molecule has 21 heavy (non-hydrogen) atoms. The maximum Gasteiger partial charge on any atom is 0.148 e. The predicted octanol–water partition coefficient (Wildman–Crippen LogP) is 2.10. The maximum atomic E-state index is 13.5. The molecule has 3 rings (SSSR count). The summed E-state index contributed by atoms with van der Waals surface area (Å²) in [6.45, 7) is 3.41. The predicted molar refractivity (Wildman–Crippen MR) is 81.5 cm³/mol. The van der Waals surface area contributed by atoms with Crippen LogP contribution in [0.25, 0.3) is 10.9 Å². The Morgan fingerprint density at radius 1 is 1.43 bits per heavy atom. The highest BCUT2D eigenvalue weighted by molar-refractivity contribution is 7.90. The first kappa shape index (κ1) is 14.5. The molecule has 2 heterocycles. The summed E-state index contributed by atoms with van der Waals surface area (Å²) in [4.78, 5) is 5.49. The van der Waals surface area contributed by atoms with Crippen molar-refractivity contribution in [3.63, 3.8) is 0 Å². The second kappa shape index (κ2) is 5.10. The summed E-state index contributed by atoms with van der Waals surface area (Å²) in [6.07, 6.45) is 2.10. The van der Waals surface area contributed by atoms with E-state index in [4.69, 9.17) is 0 Å². The van der Waals surface area contributed by atoms with Crippen LogP contribution in [-0.4, -0.2) is 42.9 Å². The van der Waals surface area contributed by atoms with Gasteiger partial charge in [-0.1, -0.05) is 0 Å². The van der Waals surface area contributed by atoms with Crippen LogP contribution in [-0.2, 0) is 22.8 Å². The van der Waals surface area contributed by atoms with Crippen molar-refractivity contribution in [2.75, 3.05) is 18.6 Å². The molecule has 0 amide bonds. The molecule has 0 saturated heterocycles. The number of hydrogen-bond donors (Lipinski definition) is 1. The smallest absolute Gasteiger partial charge is 0.148 e. The van der Waals surface area contributed by atoms with E-state index < -0.39 is 9.84 Å². The molecule has 0 saturated carbocycles. The Labute approximate surface area is 123 Å². The summed E-state index contributed by atoms with van der Waals surface area (Å²) >= 11 is 0. The first-order valence-corrected chi connectivity index (χ1v) is 9.10. The number of fused-ring (bicyclic) bond motifs is 3. The van der Waals surface area contributed by atoms with Gasteiger partial charge in [0.25, 0.3) is 0 Å². The molecule has 0 radical (unpaired) electrons. The van der Waals surface area contributed by atoms with Crippen molar-refractivity contribution < 1.29 is 12.8 Å². The fourth-order valence-corrected chi connectivity index (χ4v) is 4.21. The highest BCUT2D eigenvalue weighted by atomic mass is 32.2. The van der Waals surface area contributed by atoms with Crippen molar-refractivity contribution in [3.05, 3.63) is 35.3 Å². The zero-order valence-electron chi connectivity index (χ0n) is 12.2. The van der Waals surface area contributed by atoms with Gasteiger partial charge in [-0.25, -0.2) is 12.8 Å². The monoisotopic (exact) mass is 310 g/mol. The lowest BCUT2D eigenvalue weighted by Crippen LogP contribution is -2.41. The van der Waals surface area contributed by atoms with Gasteiger partial charge in [-0.05, 0) is 30.7 Å². The Hall–Kier alpha value is -1.40. The average molecular weight is 310 g/mol. The minimum absolute atomic E-state index is 0.0355. The molecule has 2 aromatic rings. The van der Waals surface area contributed by atoms with Crippen LogP contribution >= 0.6 is 0 Å². The van der Waals surface area contributed by atoms with Crippen molar-refractivity contribution in [1.29, 1.82) is 0 Å². The zero-order valence-corrected chi connectivity index (χ0v) is 13.0. The van der Waals surface area contributed by atoms with E-state index in [0.717, 1.165) is 35.1 Å². The Bertz CT molecular complexity index is 782. The third-order valence-corrected chi connectivity index (χ3v) is 5.22. The number of benzene rings is 1. The lowest BCUT2D eigenvalue weighted by atomic mass is 10.0. The van der Waals surface area contributed by atoms with Crippen molar-refractivity contribution in [2.24, 2.45) is 0 Å². The topological polar surface area (TPSA) is 53.2 Å². The number of H-pyrrole nitrogens is 1.